The van der Waals surface area contributed by atoms with E-state index in [1.54, 1.807) is 7.11 Å². The summed E-state index contributed by atoms with van der Waals surface area (Å²) in [6.07, 6.45) is 4.84. The van der Waals surface area contributed by atoms with Crippen LogP contribution in [0.5, 0.6) is 5.75 Å². The van der Waals surface area contributed by atoms with Crippen molar-refractivity contribution < 1.29 is 14.3 Å². The molecule has 4 aromatic carbocycles. The fourth-order valence-corrected chi connectivity index (χ4v) is 4.10. The average Bonchev–Trinajstić information content (AvgIpc) is 2.85. The average molecular weight is 425 g/mol. The van der Waals surface area contributed by atoms with E-state index in [1.807, 2.05) is 54.6 Å². The normalized spacial score (nSPS) is 11.6. The van der Waals surface area contributed by atoms with Gasteiger partial charge in [-0.15, -0.1) is 0 Å². The molecule has 3 heteroatoms. The Morgan fingerprint density at radius 3 is 2.28 bits per heavy atom. The molecule has 0 atom stereocenters. The van der Waals surface area contributed by atoms with Crippen molar-refractivity contribution in [1.29, 1.82) is 0 Å². The SMILES string of the molecule is CC/C(=C\CCCOC(=O)c1cc2ccccc2c2ccccc12)c1ccc(OC)cc1. The molecule has 0 bridgehead atoms. The highest BCUT2D eigenvalue weighted by Gasteiger charge is 2.14. The second kappa shape index (κ2) is 10.1. The van der Waals surface area contributed by atoms with Gasteiger partial charge in [0, 0.05) is 0 Å². The van der Waals surface area contributed by atoms with Crippen LogP contribution < -0.4 is 4.74 Å². The molecule has 0 N–H and O–H groups in total. The topological polar surface area (TPSA) is 35.5 Å². The van der Waals surface area contributed by atoms with Crippen LogP contribution in [0.4, 0.5) is 0 Å². The van der Waals surface area contributed by atoms with E-state index in [2.05, 4.69) is 37.3 Å². The lowest BCUT2D eigenvalue weighted by molar-refractivity contribution is 0.0504. The molecule has 3 nitrogen and oxygen atoms in total. The van der Waals surface area contributed by atoms with Crippen LogP contribution in [-0.4, -0.2) is 19.7 Å². The van der Waals surface area contributed by atoms with Gasteiger partial charge in [-0.05, 0) is 70.1 Å². The molecular weight excluding hydrogens is 396 g/mol. The quantitative estimate of drug-likeness (QED) is 0.168. The third kappa shape index (κ3) is 4.67. The van der Waals surface area contributed by atoms with Crippen LogP contribution in [0, 0.1) is 0 Å². The molecule has 0 saturated heterocycles. The highest BCUT2D eigenvalue weighted by Crippen LogP contribution is 2.29. The van der Waals surface area contributed by atoms with Crippen molar-refractivity contribution in [2.45, 2.75) is 26.2 Å². The third-order valence-corrected chi connectivity index (χ3v) is 5.80. The van der Waals surface area contributed by atoms with Crippen molar-refractivity contribution in [3.05, 3.63) is 96.1 Å². The van der Waals surface area contributed by atoms with Crippen LogP contribution in [0.1, 0.15) is 42.1 Å². The first-order valence-corrected chi connectivity index (χ1v) is 11.1. The van der Waals surface area contributed by atoms with Crippen LogP contribution in [0.3, 0.4) is 0 Å². The van der Waals surface area contributed by atoms with E-state index in [4.69, 9.17) is 9.47 Å². The molecule has 32 heavy (non-hydrogen) atoms. The minimum absolute atomic E-state index is 0.262. The zero-order valence-corrected chi connectivity index (χ0v) is 18.6. The zero-order valence-electron chi connectivity index (χ0n) is 18.6. The highest BCUT2D eigenvalue weighted by atomic mass is 16.5. The number of fused-ring (bicyclic) bond motifs is 3. The van der Waals surface area contributed by atoms with Gasteiger partial charge < -0.3 is 9.47 Å². The van der Waals surface area contributed by atoms with E-state index in [-0.39, 0.29) is 5.97 Å². The Hall–Kier alpha value is -3.59. The van der Waals surface area contributed by atoms with Gasteiger partial charge in [0.25, 0.3) is 0 Å². The first-order chi connectivity index (χ1) is 15.7. The summed E-state index contributed by atoms with van der Waals surface area (Å²) in [5, 5.41) is 4.21. The van der Waals surface area contributed by atoms with E-state index in [0.717, 1.165) is 46.6 Å². The molecule has 0 aliphatic carbocycles. The van der Waals surface area contributed by atoms with Crippen molar-refractivity contribution in [3.8, 4) is 5.75 Å². The second-order valence-corrected chi connectivity index (χ2v) is 7.78. The summed E-state index contributed by atoms with van der Waals surface area (Å²) in [4.78, 5) is 12.9. The number of methoxy groups -OCH3 is 1. The lowest BCUT2D eigenvalue weighted by Gasteiger charge is -2.11. The minimum Gasteiger partial charge on any atom is -0.497 e. The van der Waals surface area contributed by atoms with Gasteiger partial charge in [-0.3, -0.25) is 0 Å². The maximum atomic E-state index is 12.9. The number of esters is 1. The number of unbranched alkanes of at least 4 members (excludes halogenated alkanes) is 1. The highest BCUT2D eigenvalue weighted by molar-refractivity contribution is 6.15. The lowest BCUT2D eigenvalue weighted by atomic mass is 9.97. The van der Waals surface area contributed by atoms with Gasteiger partial charge in [0.1, 0.15) is 5.75 Å². The summed E-state index contributed by atoms with van der Waals surface area (Å²) in [5.74, 6) is 0.596. The molecule has 4 aromatic rings. The Morgan fingerprint density at radius 2 is 1.56 bits per heavy atom. The van der Waals surface area contributed by atoms with Gasteiger partial charge in [-0.1, -0.05) is 73.7 Å². The van der Waals surface area contributed by atoms with Gasteiger partial charge in [0.15, 0.2) is 0 Å². The Morgan fingerprint density at radius 1 is 0.875 bits per heavy atom. The van der Waals surface area contributed by atoms with E-state index >= 15 is 0 Å². The number of carbonyl (C=O) groups is 1. The standard InChI is InChI=1S/C29H28O3/c1-3-21(22-15-17-24(31-2)18-16-22)10-8-9-19-32-29(30)28-20-23-11-4-5-12-25(23)26-13-6-7-14-27(26)28/h4-7,10-18,20H,3,8-9,19H2,1-2H3/b21-10+. The number of carbonyl (C=O) groups excluding carboxylic acids is 1. The van der Waals surface area contributed by atoms with E-state index in [9.17, 15) is 4.79 Å². The monoisotopic (exact) mass is 424 g/mol. The number of benzene rings is 4. The number of hydrogen-bond donors (Lipinski definition) is 0. The predicted molar refractivity (Wildman–Crippen MR) is 132 cm³/mol. The van der Waals surface area contributed by atoms with Crippen LogP contribution in [0.25, 0.3) is 27.1 Å². The Kier molecular flexibility index (Phi) is 6.86. The molecule has 0 unspecified atom stereocenters. The summed E-state index contributed by atoms with van der Waals surface area (Å²) in [6.45, 7) is 2.55. The Labute approximate surface area is 189 Å². The fourth-order valence-electron chi connectivity index (χ4n) is 4.10. The molecule has 4 rings (SSSR count). The first-order valence-electron chi connectivity index (χ1n) is 11.1. The molecule has 0 spiro atoms. The van der Waals surface area contributed by atoms with E-state index in [1.165, 1.54) is 11.1 Å². The predicted octanol–water partition coefficient (Wildman–Crippen LogP) is 7.43. The molecule has 0 fully saturated rings. The maximum Gasteiger partial charge on any atom is 0.338 e. The summed E-state index contributed by atoms with van der Waals surface area (Å²) in [5.41, 5.74) is 3.12. The molecule has 0 saturated carbocycles. The van der Waals surface area contributed by atoms with Crippen molar-refractivity contribution >= 4 is 33.1 Å². The van der Waals surface area contributed by atoms with Gasteiger partial charge in [-0.25, -0.2) is 4.79 Å². The van der Waals surface area contributed by atoms with Crippen molar-refractivity contribution in [3.63, 3.8) is 0 Å². The fraction of sp³-hybridized carbons (Fsp3) is 0.207. The number of hydrogen-bond acceptors (Lipinski definition) is 3. The van der Waals surface area contributed by atoms with Gasteiger partial charge in [0.05, 0.1) is 19.3 Å². The second-order valence-electron chi connectivity index (χ2n) is 7.78. The number of rotatable bonds is 8. The smallest absolute Gasteiger partial charge is 0.338 e. The van der Waals surface area contributed by atoms with Gasteiger partial charge >= 0.3 is 5.97 Å². The molecule has 0 heterocycles. The lowest BCUT2D eigenvalue weighted by Crippen LogP contribution is -2.07. The molecule has 0 aliphatic heterocycles. The van der Waals surface area contributed by atoms with Gasteiger partial charge in [-0.2, -0.15) is 0 Å². The van der Waals surface area contributed by atoms with Crippen LogP contribution >= 0.6 is 0 Å². The van der Waals surface area contributed by atoms with E-state index < -0.39 is 0 Å². The van der Waals surface area contributed by atoms with Crippen LogP contribution in [0.15, 0.2) is 84.9 Å². The summed E-state index contributed by atoms with van der Waals surface area (Å²) in [7, 11) is 1.67. The Balaban J connectivity index is 1.41. The van der Waals surface area contributed by atoms with Gasteiger partial charge in [0.2, 0.25) is 0 Å². The summed E-state index contributed by atoms with van der Waals surface area (Å²) < 4.78 is 10.9. The maximum absolute atomic E-state index is 12.9. The largest absolute Gasteiger partial charge is 0.497 e. The molecule has 0 aromatic heterocycles. The van der Waals surface area contributed by atoms with Crippen molar-refractivity contribution in [1.82, 2.24) is 0 Å². The number of allylic oxidation sites excluding steroid dienone is 2. The molecule has 0 aliphatic rings. The van der Waals surface area contributed by atoms with E-state index in [0.29, 0.717) is 12.2 Å². The molecule has 0 amide bonds. The summed E-state index contributed by atoms with van der Waals surface area (Å²) >= 11 is 0. The molecule has 0 radical (unpaired) electrons. The van der Waals surface area contributed by atoms with Crippen LogP contribution in [0.2, 0.25) is 0 Å². The van der Waals surface area contributed by atoms with Crippen LogP contribution in [-0.2, 0) is 4.74 Å². The van der Waals surface area contributed by atoms with Crippen molar-refractivity contribution in [2.75, 3.05) is 13.7 Å². The summed E-state index contributed by atoms with van der Waals surface area (Å²) in [6, 6.07) is 26.2. The first kappa shape index (κ1) is 21.6. The number of ether oxygens (including phenoxy) is 2. The minimum atomic E-state index is -0.262. The van der Waals surface area contributed by atoms with Crippen molar-refractivity contribution in [2.24, 2.45) is 0 Å². The Bertz CT molecular complexity index is 1250. The third-order valence-electron chi connectivity index (χ3n) is 5.80. The zero-order chi connectivity index (χ0) is 22.3. The molecule has 162 valence electrons. The molecular formula is C29H28O3.